The molecule has 0 fully saturated rings. The minimum atomic E-state index is -4.41. The molecule has 0 unspecified atom stereocenters. The molecule has 0 N–H and O–H groups in total. The van der Waals surface area contributed by atoms with E-state index in [1.54, 1.807) is 18.2 Å². The van der Waals surface area contributed by atoms with Crippen molar-refractivity contribution in [2.75, 3.05) is 0 Å². The van der Waals surface area contributed by atoms with Crippen LogP contribution in [-0.4, -0.2) is 5.78 Å². The molecule has 2 aromatic rings. The highest BCUT2D eigenvalue weighted by Crippen LogP contribution is 2.29. The van der Waals surface area contributed by atoms with Gasteiger partial charge in [0.2, 0.25) is 0 Å². The summed E-state index contributed by atoms with van der Waals surface area (Å²) in [6.07, 6.45) is -4.37. The van der Waals surface area contributed by atoms with Crippen molar-refractivity contribution in [3.63, 3.8) is 0 Å². The van der Waals surface area contributed by atoms with E-state index in [2.05, 4.69) is 0 Å². The number of alkyl halides is 3. The third-order valence-corrected chi connectivity index (χ3v) is 3.62. The zero-order valence-corrected chi connectivity index (χ0v) is 12.1. The molecule has 0 aliphatic heterocycles. The molecule has 0 radical (unpaired) electrons. The lowest BCUT2D eigenvalue weighted by Crippen LogP contribution is -2.07. The molecule has 0 bridgehead atoms. The molecule has 0 aliphatic carbocycles. The number of carbonyl (C=O) groups excluding carboxylic acids is 1. The fourth-order valence-electron chi connectivity index (χ4n) is 1.78. The van der Waals surface area contributed by atoms with Crippen LogP contribution in [0.1, 0.15) is 21.5 Å². The Hall–Kier alpha value is -1.52. The smallest absolute Gasteiger partial charge is 0.294 e. The van der Waals surface area contributed by atoms with Gasteiger partial charge >= 0.3 is 6.18 Å². The predicted molar refractivity (Wildman–Crippen MR) is 75.9 cm³/mol. The first-order chi connectivity index (χ1) is 9.77. The normalized spacial score (nSPS) is 11.5. The maximum atomic E-state index is 12.4. The number of Topliss-reactive ketones (excluding diaryl/α,β-unsaturated/α-hetero) is 1. The maximum absolute atomic E-state index is 12.4. The van der Waals surface area contributed by atoms with Crippen LogP contribution in [0.15, 0.2) is 42.5 Å². The van der Waals surface area contributed by atoms with Gasteiger partial charge in [0.1, 0.15) is 0 Å². The second kappa shape index (κ2) is 6.08. The molecule has 6 heteroatoms. The van der Waals surface area contributed by atoms with Crippen LogP contribution in [0.4, 0.5) is 13.2 Å². The molecule has 0 saturated carbocycles. The Balaban J connectivity index is 2.15. The summed E-state index contributed by atoms with van der Waals surface area (Å²) < 4.78 is 37.3. The molecule has 0 aromatic heterocycles. The molecule has 21 heavy (non-hydrogen) atoms. The van der Waals surface area contributed by atoms with E-state index < -0.39 is 11.7 Å². The highest BCUT2D eigenvalue weighted by molar-refractivity contribution is 6.42. The summed E-state index contributed by atoms with van der Waals surface area (Å²) in [4.78, 5) is 12.0. The molecule has 2 aromatic carbocycles. The number of halogens is 5. The van der Waals surface area contributed by atoms with Crippen LogP contribution in [0.5, 0.6) is 0 Å². The monoisotopic (exact) mass is 332 g/mol. The summed E-state index contributed by atoms with van der Waals surface area (Å²) in [7, 11) is 0. The van der Waals surface area contributed by atoms with Crippen molar-refractivity contribution in [2.45, 2.75) is 12.6 Å². The third-order valence-electron chi connectivity index (χ3n) is 2.88. The van der Waals surface area contributed by atoms with Crippen LogP contribution >= 0.6 is 23.2 Å². The van der Waals surface area contributed by atoms with Crippen molar-refractivity contribution < 1.29 is 18.0 Å². The molecule has 0 atom stereocenters. The van der Waals surface area contributed by atoms with Crippen molar-refractivity contribution in [2.24, 2.45) is 0 Å². The number of rotatable bonds is 3. The first-order valence-corrected chi connectivity index (χ1v) is 6.67. The first-order valence-electron chi connectivity index (χ1n) is 5.92. The second-order valence-corrected chi connectivity index (χ2v) is 5.24. The van der Waals surface area contributed by atoms with E-state index in [1.165, 1.54) is 12.1 Å². The average molecular weight is 333 g/mol. The minimum absolute atomic E-state index is 0.0439. The van der Waals surface area contributed by atoms with Gasteiger partial charge in [0.05, 0.1) is 15.6 Å². The molecule has 1 nitrogen and oxygen atoms in total. The van der Waals surface area contributed by atoms with Crippen LogP contribution in [-0.2, 0) is 12.6 Å². The Morgan fingerprint density at radius 2 is 1.57 bits per heavy atom. The summed E-state index contributed by atoms with van der Waals surface area (Å²) in [5.41, 5.74) is 0.0805. The van der Waals surface area contributed by atoms with Gasteiger partial charge in [-0.2, -0.15) is 13.2 Å². The third kappa shape index (κ3) is 3.99. The highest BCUT2D eigenvalue weighted by Gasteiger charge is 2.30. The highest BCUT2D eigenvalue weighted by atomic mass is 35.5. The van der Waals surface area contributed by atoms with Gasteiger partial charge in [-0.15, -0.1) is 0 Å². The van der Waals surface area contributed by atoms with E-state index >= 15 is 0 Å². The molecular weight excluding hydrogens is 324 g/mol. The van der Waals surface area contributed by atoms with Gasteiger partial charge in [-0.1, -0.05) is 41.4 Å². The van der Waals surface area contributed by atoms with Crippen LogP contribution in [0.2, 0.25) is 10.0 Å². The molecule has 0 saturated heterocycles. The Bertz CT molecular complexity index is 664. The van der Waals surface area contributed by atoms with Gasteiger partial charge in [-0.3, -0.25) is 4.79 Å². The lowest BCUT2D eigenvalue weighted by molar-refractivity contribution is -0.137. The standard InChI is InChI=1S/C15H9Cl2F3O/c16-12-6-1-9(7-13(12)17)8-14(21)10-2-4-11(5-3-10)15(18,19)20/h1-7H,8H2. The summed E-state index contributed by atoms with van der Waals surface area (Å²) in [5, 5.41) is 0.705. The molecule has 0 amide bonds. The van der Waals surface area contributed by atoms with Crippen molar-refractivity contribution >= 4 is 29.0 Å². The van der Waals surface area contributed by atoms with Gasteiger partial charge in [0.25, 0.3) is 0 Å². The van der Waals surface area contributed by atoms with E-state index in [0.717, 1.165) is 12.1 Å². The SMILES string of the molecule is O=C(Cc1ccc(Cl)c(Cl)c1)c1ccc(C(F)(F)F)cc1. The summed E-state index contributed by atoms with van der Waals surface area (Å²) in [6, 6.07) is 8.90. The summed E-state index contributed by atoms with van der Waals surface area (Å²) in [6.45, 7) is 0. The number of ketones is 1. The van der Waals surface area contributed by atoms with Gasteiger partial charge in [0.15, 0.2) is 5.78 Å². The second-order valence-electron chi connectivity index (χ2n) is 4.42. The van der Waals surface area contributed by atoms with Crippen molar-refractivity contribution in [1.29, 1.82) is 0 Å². The van der Waals surface area contributed by atoms with E-state index in [1.807, 2.05) is 0 Å². The number of carbonyl (C=O) groups is 1. The molecule has 2 rings (SSSR count). The van der Waals surface area contributed by atoms with Crippen molar-refractivity contribution in [1.82, 2.24) is 0 Å². The van der Waals surface area contributed by atoms with Gasteiger partial charge in [-0.25, -0.2) is 0 Å². The van der Waals surface area contributed by atoms with Crippen molar-refractivity contribution in [3.05, 3.63) is 69.2 Å². The Morgan fingerprint density at radius 3 is 2.10 bits per heavy atom. The zero-order valence-electron chi connectivity index (χ0n) is 10.5. The van der Waals surface area contributed by atoms with E-state index in [0.29, 0.717) is 15.6 Å². The van der Waals surface area contributed by atoms with Gasteiger partial charge in [0, 0.05) is 12.0 Å². The Morgan fingerprint density at radius 1 is 0.952 bits per heavy atom. The molecular formula is C15H9Cl2F3O. The molecule has 0 aliphatic rings. The van der Waals surface area contributed by atoms with Gasteiger partial charge in [-0.05, 0) is 29.8 Å². The predicted octanol–water partition coefficient (Wildman–Crippen LogP) is 5.44. The number of hydrogen-bond acceptors (Lipinski definition) is 1. The van der Waals surface area contributed by atoms with E-state index in [9.17, 15) is 18.0 Å². The topological polar surface area (TPSA) is 17.1 Å². The largest absolute Gasteiger partial charge is 0.416 e. The molecule has 0 spiro atoms. The minimum Gasteiger partial charge on any atom is -0.294 e. The quantitative estimate of drug-likeness (QED) is 0.684. The zero-order chi connectivity index (χ0) is 15.6. The van der Waals surface area contributed by atoms with Gasteiger partial charge < -0.3 is 0 Å². The average Bonchev–Trinajstić information content (AvgIpc) is 2.42. The fourth-order valence-corrected chi connectivity index (χ4v) is 2.10. The molecule has 110 valence electrons. The summed E-state index contributed by atoms with van der Waals surface area (Å²) in [5.74, 6) is -0.290. The maximum Gasteiger partial charge on any atom is 0.416 e. The Labute approximate surface area is 129 Å². The van der Waals surface area contributed by atoms with Crippen LogP contribution < -0.4 is 0 Å². The first kappa shape index (κ1) is 15.9. The van der Waals surface area contributed by atoms with E-state index in [4.69, 9.17) is 23.2 Å². The van der Waals surface area contributed by atoms with Crippen molar-refractivity contribution in [3.8, 4) is 0 Å². The Kier molecular flexibility index (Phi) is 4.59. The summed E-state index contributed by atoms with van der Waals surface area (Å²) >= 11 is 11.6. The lowest BCUT2D eigenvalue weighted by Gasteiger charge is -2.07. The van der Waals surface area contributed by atoms with Crippen LogP contribution in [0.25, 0.3) is 0 Å². The van der Waals surface area contributed by atoms with Crippen LogP contribution in [0, 0.1) is 0 Å². The fraction of sp³-hybridized carbons (Fsp3) is 0.133. The van der Waals surface area contributed by atoms with Crippen LogP contribution in [0.3, 0.4) is 0 Å². The lowest BCUT2D eigenvalue weighted by atomic mass is 10.0. The molecule has 0 heterocycles. The number of benzene rings is 2. The number of hydrogen-bond donors (Lipinski definition) is 0. The van der Waals surface area contributed by atoms with E-state index in [-0.39, 0.29) is 17.8 Å².